The summed E-state index contributed by atoms with van der Waals surface area (Å²) in [6.45, 7) is 7.01. The van der Waals surface area contributed by atoms with Crippen molar-refractivity contribution in [3.8, 4) is 0 Å². The Kier molecular flexibility index (Phi) is 4.94. The topological polar surface area (TPSA) is 103 Å². The Morgan fingerprint density at radius 1 is 1.33 bits per heavy atom. The van der Waals surface area contributed by atoms with Crippen LogP contribution < -0.4 is 5.32 Å². The molecule has 0 unspecified atom stereocenters. The highest BCUT2D eigenvalue weighted by Crippen LogP contribution is 2.30. The first-order valence-corrected chi connectivity index (χ1v) is 8.18. The highest BCUT2D eigenvalue weighted by Gasteiger charge is 2.32. The van der Waals surface area contributed by atoms with Crippen LogP contribution in [0.4, 0.5) is 0 Å². The predicted octanol–water partition coefficient (Wildman–Crippen LogP) is 2.39. The number of rotatable bonds is 5. The first kappa shape index (κ1) is 16.6. The molecule has 24 heavy (non-hydrogen) atoms. The summed E-state index contributed by atoms with van der Waals surface area (Å²) in [5, 5.41) is 7.00. The number of hydrogen-bond donors (Lipinski definition) is 1. The van der Waals surface area contributed by atoms with Gasteiger partial charge < -0.3 is 19.0 Å². The summed E-state index contributed by atoms with van der Waals surface area (Å²) in [5.41, 5.74) is 0.274. The van der Waals surface area contributed by atoms with Crippen molar-refractivity contribution in [3.63, 3.8) is 0 Å². The van der Waals surface area contributed by atoms with Gasteiger partial charge in [-0.2, -0.15) is 4.98 Å². The molecule has 2 aromatic heterocycles. The molecule has 1 saturated heterocycles. The van der Waals surface area contributed by atoms with Gasteiger partial charge in [0, 0.05) is 19.1 Å². The van der Waals surface area contributed by atoms with E-state index in [2.05, 4.69) is 20.4 Å². The molecule has 8 heteroatoms. The zero-order valence-electron chi connectivity index (χ0n) is 14.1. The van der Waals surface area contributed by atoms with Crippen molar-refractivity contribution < 1.29 is 18.5 Å². The highest BCUT2D eigenvalue weighted by atomic mass is 16.5. The number of oxazole rings is 1. The molecule has 8 nitrogen and oxygen atoms in total. The third kappa shape index (κ3) is 3.48. The third-order valence-electron chi connectivity index (χ3n) is 4.22. The minimum absolute atomic E-state index is 0.159. The number of aryl methyl sites for hydroxylation is 1. The highest BCUT2D eigenvalue weighted by molar-refractivity contribution is 5.93. The molecule has 0 spiro atoms. The van der Waals surface area contributed by atoms with Gasteiger partial charge in [0.1, 0.15) is 11.8 Å². The lowest BCUT2D eigenvalue weighted by molar-refractivity contribution is 0.0466. The molecule has 1 aliphatic rings. The van der Waals surface area contributed by atoms with Crippen LogP contribution in [-0.2, 0) is 4.74 Å². The average molecular weight is 334 g/mol. The van der Waals surface area contributed by atoms with Crippen molar-refractivity contribution in [1.82, 2.24) is 20.4 Å². The number of carbonyl (C=O) groups is 1. The quantitative estimate of drug-likeness (QED) is 0.895. The molecule has 0 aromatic carbocycles. The van der Waals surface area contributed by atoms with Crippen molar-refractivity contribution in [2.24, 2.45) is 5.92 Å². The van der Waals surface area contributed by atoms with Gasteiger partial charge in [-0.15, -0.1) is 0 Å². The van der Waals surface area contributed by atoms with Crippen molar-refractivity contribution >= 4 is 5.91 Å². The van der Waals surface area contributed by atoms with Crippen LogP contribution in [0.3, 0.4) is 0 Å². The molecule has 1 aliphatic heterocycles. The molecule has 130 valence electrons. The molecule has 1 amide bonds. The largest absolute Gasteiger partial charge is 0.448 e. The van der Waals surface area contributed by atoms with E-state index in [1.54, 1.807) is 6.92 Å². The second-order valence-corrected chi connectivity index (χ2v) is 6.30. The predicted molar refractivity (Wildman–Crippen MR) is 83.4 cm³/mol. The van der Waals surface area contributed by atoms with Crippen LogP contribution in [-0.4, -0.2) is 34.2 Å². The Labute approximate surface area is 140 Å². The van der Waals surface area contributed by atoms with Gasteiger partial charge in [0.2, 0.25) is 5.89 Å². The Balaban J connectivity index is 1.83. The van der Waals surface area contributed by atoms with E-state index >= 15 is 0 Å². The van der Waals surface area contributed by atoms with Crippen LogP contribution in [0.1, 0.15) is 66.6 Å². The number of hydrogen-bond acceptors (Lipinski definition) is 7. The number of amides is 1. The van der Waals surface area contributed by atoms with Crippen molar-refractivity contribution in [1.29, 1.82) is 0 Å². The van der Waals surface area contributed by atoms with Crippen LogP contribution in [0.25, 0.3) is 0 Å². The molecule has 0 radical (unpaired) electrons. The summed E-state index contributed by atoms with van der Waals surface area (Å²) >= 11 is 0. The van der Waals surface area contributed by atoms with Crippen LogP contribution >= 0.6 is 0 Å². The zero-order chi connectivity index (χ0) is 17.1. The summed E-state index contributed by atoms with van der Waals surface area (Å²) in [5.74, 6) is 1.57. The number of aromatic nitrogens is 3. The van der Waals surface area contributed by atoms with Crippen LogP contribution in [0.15, 0.2) is 15.3 Å². The molecule has 1 N–H and O–H groups in total. The Morgan fingerprint density at radius 2 is 2.08 bits per heavy atom. The zero-order valence-corrected chi connectivity index (χ0v) is 14.1. The third-order valence-corrected chi connectivity index (χ3v) is 4.22. The summed E-state index contributed by atoms with van der Waals surface area (Å²) < 4.78 is 16.0. The van der Waals surface area contributed by atoms with Crippen LogP contribution in [0.5, 0.6) is 0 Å². The molecule has 0 bridgehead atoms. The van der Waals surface area contributed by atoms with Crippen LogP contribution in [0.2, 0.25) is 0 Å². The Morgan fingerprint density at radius 3 is 2.67 bits per heavy atom. The lowest BCUT2D eigenvalue weighted by atomic mass is 9.91. The van der Waals surface area contributed by atoms with Gasteiger partial charge in [-0.25, -0.2) is 4.98 Å². The van der Waals surface area contributed by atoms with Crippen LogP contribution in [0, 0.1) is 12.8 Å². The SMILES string of the molecule is Cc1ocnc1C(=O)N[C@@H](c1nc(C(C)C)no1)C1CCOCC1. The van der Waals surface area contributed by atoms with Gasteiger partial charge in [0.05, 0.1) is 0 Å². The van der Waals surface area contributed by atoms with E-state index in [9.17, 15) is 4.79 Å². The van der Waals surface area contributed by atoms with Gasteiger partial charge in [-0.05, 0) is 25.7 Å². The Hall–Kier alpha value is -2.22. The van der Waals surface area contributed by atoms with E-state index in [1.165, 1.54) is 6.39 Å². The van der Waals surface area contributed by atoms with Crippen molar-refractivity contribution in [2.75, 3.05) is 13.2 Å². The maximum absolute atomic E-state index is 12.5. The number of ether oxygens (including phenoxy) is 1. The van der Waals surface area contributed by atoms with E-state index in [4.69, 9.17) is 13.7 Å². The van der Waals surface area contributed by atoms with E-state index in [0.29, 0.717) is 30.7 Å². The maximum Gasteiger partial charge on any atom is 0.274 e. The fraction of sp³-hybridized carbons (Fsp3) is 0.625. The molecular formula is C16H22N4O4. The number of carbonyl (C=O) groups excluding carboxylic acids is 1. The second-order valence-electron chi connectivity index (χ2n) is 6.30. The minimum Gasteiger partial charge on any atom is -0.448 e. The monoisotopic (exact) mass is 334 g/mol. The van der Waals surface area contributed by atoms with E-state index < -0.39 is 0 Å². The lowest BCUT2D eigenvalue weighted by Crippen LogP contribution is -2.36. The summed E-state index contributed by atoms with van der Waals surface area (Å²) in [4.78, 5) is 21.0. The smallest absolute Gasteiger partial charge is 0.274 e. The summed E-state index contributed by atoms with van der Waals surface area (Å²) in [6.07, 6.45) is 2.90. The van der Waals surface area contributed by atoms with E-state index in [-0.39, 0.29) is 29.5 Å². The van der Waals surface area contributed by atoms with Crippen molar-refractivity contribution in [2.45, 2.75) is 45.6 Å². The minimum atomic E-state index is -0.363. The second kappa shape index (κ2) is 7.12. The van der Waals surface area contributed by atoms with Gasteiger partial charge in [0.25, 0.3) is 5.91 Å². The fourth-order valence-electron chi connectivity index (χ4n) is 2.77. The van der Waals surface area contributed by atoms with Gasteiger partial charge in [-0.1, -0.05) is 19.0 Å². The van der Waals surface area contributed by atoms with Gasteiger partial charge in [0.15, 0.2) is 17.9 Å². The lowest BCUT2D eigenvalue weighted by Gasteiger charge is -2.28. The van der Waals surface area contributed by atoms with E-state index in [1.807, 2.05) is 13.8 Å². The fourth-order valence-corrected chi connectivity index (χ4v) is 2.77. The molecular weight excluding hydrogens is 312 g/mol. The number of nitrogens with zero attached hydrogens (tertiary/aromatic N) is 3. The normalized spacial score (nSPS) is 17.2. The first-order valence-electron chi connectivity index (χ1n) is 8.18. The summed E-state index contributed by atoms with van der Waals surface area (Å²) in [7, 11) is 0. The standard InChI is InChI=1S/C16H22N4O4/c1-9(2)14-19-16(24-20-14)13(11-4-6-22-7-5-11)18-15(21)12-10(3)23-8-17-12/h8-9,11,13H,4-7H2,1-3H3,(H,18,21)/t13-/m1/s1. The van der Waals surface area contributed by atoms with Gasteiger partial charge >= 0.3 is 0 Å². The molecule has 0 aliphatic carbocycles. The Bertz CT molecular complexity index is 688. The molecule has 3 heterocycles. The molecule has 3 rings (SSSR count). The first-order chi connectivity index (χ1) is 11.6. The maximum atomic E-state index is 12.5. The van der Waals surface area contributed by atoms with E-state index in [0.717, 1.165) is 12.8 Å². The molecule has 1 atom stereocenters. The molecule has 0 saturated carbocycles. The molecule has 1 fully saturated rings. The summed E-state index contributed by atoms with van der Waals surface area (Å²) in [6, 6.07) is -0.363. The average Bonchev–Trinajstić information content (AvgIpc) is 3.22. The molecule has 2 aromatic rings. The number of nitrogens with one attached hydrogen (secondary N) is 1. The van der Waals surface area contributed by atoms with Gasteiger partial charge in [-0.3, -0.25) is 4.79 Å². The van der Waals surface area contributed by atoms with Crippen molar-refractivity contribution in [3.05, 3.63) is 29.6 Å².